The Kier molecular flexibility index (Phi) is 2.43. The van der Waals surface area contributed by atoms with E-state index >= 15 is 0 Å². The Balaban J connectivity index is 2.17. The van der Waals surface area contributed by atoms with Crippen LogP contribution in [0, 0.1) is 17.3 Å². The number of rotatable bonds is 1. The molecule has 1 nitrogen and oxygen atoms in total. The monoisotopic (exact) mass is 209 g/mol. The van der Waals surface area contributed by atoms with Gasteiger partial charge in [0, 0.05) is 18.0 Å². The van der Waals surface area contributed by atoms with E-state index in [0.29, 0.717) is 5.02 Å². The van der Waals surface area contributed by atoms with Gasteiger partial charge < -0.3 is 0 Å². The molecular weight excluding hydrogens is 201 g/mol. The maximum atomic E-state index is 12.5. The minimum Gasteiger partial charge on any atom is -0.262 e. The fourth-order valence-electron chi connectivity index (χ4n) is 1.13. The third-order valence-electron chi connectivity index (χ3n) is 2.29. The number of alkyl halides is 1. The van der Waals surface area contributed by atoms with E-state index in [-0.39, 0.29) is 12.1 Å². The fraction of sp³-hybridized carbons (Fsp3) is 0.364. The second-order valence-electron chi connectivity index (χ2n) is 3.56. The molecule has 14 heavy (non-hydrogen) atoms. The average molecular weight is 210 g/mol. The lowest BCUT2D eigenvalue weighted by Gasteiger charge is -1.97. The van der Waals surface area contributed by atoms with Crippen LogP contribution in [0.15, 0.2) is 18.5 Å². The summed E-state index contributed by atoms with van der Waals surface area (Å²) in [6, 6.07) is 1.73. The van der Waals surface area contributed by atoms with Gasteiger partial charge in [-0.2, -0.15) is 0 Å². The summed E-state index contributed by atoms with van der Waals surface area (Å²) in [7, 11) is 0. The first kappa shape index (κ1) is 9.48. The Morgan fingerprint density at radius 1 is 1.50 bits per heavy atom. The van der Waals surface area contributed by atoms with Gasteiger partial charge in [0.15, 0.2) is 0 Å². The molecule has 0 radical (unpaired) electrons. The van der Waals surface area contributed by atoms with Crippen molar-refractivity contribution in [3.63, 3.8) is 0 Å². The van der Waals surface area contributed by atoms with Crippen LogP contribution in [0.5, 0.6) is 0 Å². The highest BCUT2D eigenvalue weighted by molar-refractivity contribution is 6.30. The van der Waals surface area contributed by atoms with Gasteiger partial charge in [-0.3, -0.25) is 4.98 Å². The Morgan fingerprint density at radius 3 is 2.86 bits per heavy atom. The summed E-state index contributed by atoms with van der Waals surface area (Å²) in [6.45, 7) is -0.353. The Bertz CT molecular complexity index is 401. The van der Waals surface area contributed by atoms with Crippen molar-refractivity contribution in [3.8, 4) is 11.8 Å². The first-order chi connectivity index (χ1) is 6.74. The van der Waals surface area contributed by atoms with Gasteiger partial charge in [0.25, 0.3) is 0 Å². The summed E-state index contributed by atoms with van der Waals surface area (Å²) < 4.78 is 12.5. The molecule has 1 aromatic rings. The van der Waals surface area contributed by atoms with Crippen LogP contribution in [0.2, 0.25) is 5.02 Å². The number of aromatic nitrogens is 1. The quantitative estimate of drug-likeness (QED) is 0.649. The van der Waals surface area contributed by atoms with E-state index in [1.54, 1.807) is 18.5 Å². The molecule has 3 heteroatoms. The molecule has 0 aliphatic heterocycles. The lowest BCUT2D eigenvalue weighted by molar-refractivity contribution is 0.407. The lowest BCUT2D eigenvalue weighted by atomic mass is 10.1. The first-order valence-corrected chi connectivity index (χ1v) is 4.82. The third kappa shape index (κ3) is 2.05. The standard InChI is InChI=1S/C11H9ClFN/c12-10-5-9(6-14-7-10)1-2-11(8-13)3-4-11/h5-7H,3-4,8H2. The predicted molar refractivity (Wildman–Crippen MR) is 53.8 cm³/mol. The molecule has 0 atom stereocenters. The largest absolute Gasteiger partial charge is 0.262 e. The van der Waals surface area contributed by atoms with Gasteiger partial charge >= 0.3 is 0 Å². The normalized spacial score (nSPS) is 17.0. The SMILES string of the molecule is FCC1(C#Cc2cncc(Cl)c2)CC1. The molecule has 0 saturated heterocycles. The van der Waals surface area contributed by atoms with Crippen molar-refractivity contribution in [3.05, 3.63) is 29.0 Å². The van der Waals surface area contributed by atoms with Gasteiger partial charge in [0.1, 0.15) is 6.67 Å². The van der Waals surface area contributed by atoms with Crippen LogP contribution in [0.4, 0.5) is 4.39 Å². The maximum Gasteiger partial charge on any atom is 0.106 e. The summed E-state index contributed by atoms with van der Waals surface area (Å²) in [5.74, 6) is 5.84. The van der Waals surface area contributed by atoms with Crippen LogP contribution in [0.1, 0.15) is 18.4 Å². The predicted octanol–water partition coefficient (Wildman–Crippen LogP) is 2.84. The fourth-order valence-corrected chi connectivity index (χ4v) is 1.30. The minimum atomic E-state index is -0.359. The van der Waals surface area contributed by atoms with E-state index in [0.717, 1.165) is 18.4 Å². The van der Waals surface area contributed by atoms with Crippen molar-refractivity contribution < 1.29 is 4.39 Å². The highest BCUT2D eigenvalue weighted by Gasteiger charge is 2.41. The summed E-state index contributed by atoms with van der Waals surface area (Å²) in [4.78, 5) is 3.90. The molecule has 0 bridgehead atoms. The summed E-state index contributed by atoms with van der Waals surface area (Å²) in [5, 5.41) is 0.557. The highest BCUT2D eigenvalue weighted by atomic mass is 35.5. The van der Waals surface area contributed by atoms with E-state index in [4.69, 9.17) is 11.6 Å². The highest BCUT2D eigenvalue weighted by Crippen LogP contribution is 2.45. The van der Waals surface area contributed by atoms with Crippen LogP contribution < -0.4 is 0 Å². The van der Waals surface area contributed by atoms with E-state index < -0.39 is 0 Å². The second-order valence-corrected chi connectivity index (χ2v) is 3.99. The van der Waals surface area contributed by atoms with E-state index in [2.05, 4.69) is 16.8 Å². The van der Waals surface area contributed by atoms with Crippen molar-refractivity contribution >= 4 is 11.6 Å². The van der Waals surface area contributed by atoms with E-state index in [9.17, 15) is 4.39 Å². The van der Waals surface area contributed by atoms with Crippen molar-refractivity contribution in [1.29, 1.82) is 0 Å². The van der Waals surface area contributed by atoms with E-state index in [1.807, 2.05) is 0 Å². The second kappa shape index (κ2) is 3.59. The first-order valence-electron chi connectivity index (χ1n) is 4.44. The van der Waals surface area contributed by atoms with Crippen molar-refractivity contribution in [1.82, 2.24) is 4.98 Å². The Labute approximate surface area is 87.3 Å². The molecule has 0 N–H and O–H groups in total. The lowest BCUT2D eigenvalue weighted by Crippen LogP contribution is -1.97. The molecule has 1 saturated carbocycles. The topological polar surface area (TPSA) is 12.9 Å². The number of halogens is 2. The molecule has 0 amide bonds. The number of pyridine rings is 1. The van der Waals surface area contributed by atoms with Gasteiger partial charge in [-0.1, -0.05) is 23.4 Å². The van der Waals surface area contributed by atoms with Gasteiger partial charge in [-0.25, -0.2) is 4.39 Å². The van der Waals surface area contributed by atoms with Crippen LogP contribution in [-0.4, -0.2) is 11.7 Å². The minimum absolute atomic E-state index is 0.353. The van der Waals surface area contributed by atoms with Crippen LogP contribution in [-0.2, 0) is 0 Å². The zero-order valence-corrected chi connectivity index (χ0v) is 8.31. The molecule has 0 unspecified atom stereocenters. The molecule has 1 aromatic heterocycles. The summed E-state index contributed by atoms with van der Waals surface area (Å²) in [5.41, 5.74) is 0.389. The number of hydrogen-bond acceptors (Lipinski definition) is 1. The zero-order chi connectivity index (χ0) is 10.0. The van der Waals surface area contributed by atoms with Crippen molar-refractivity contribution in [2.45, 2.75) is 12.8 Å². The molecule has 72 valence electrons. The van der Waals surface area contributed by atoms with Gasteiger partial charge in [-0.15, -0.1) is 0 Å². The molecule has 0 aromatic carbocycles. The molecule has 1 aliphatic carbocycles. The Hall–Kier alpha value is -1.07. The molecule has 0 spiro atoms. The van der Waals surface area contributed by atoms with Crippen LogP contribution in [0.25, 0.3) is 0 Å². The average Bonchev–Trinajstić information content (AvgIpc) is 2.96. The number of nitrogens with zero attached hydrogens (tertiary/aromatic N) is 1. The van der Waals surface area contributed by atoms with Crippen molar-refractivity contribution in [2.75, 3.05) is 6.67 Å². The zero-order valence-electron chi connectivity index (χ0n) is 7.56. The molecule has 1 fully saturated rings. The number of hydrogen-bond donors (Lipinski definition) is 0. The summed E-state index contributed by atoms with van der Waals surface area (Å²) >= 11 is 5.74. The Morgan fingerprint density at radius 2 is 2.29 bits per heavy atom. The van der Waals surface area contributed by atoms with Crippen LogP contribution >= 0.6 is 11.6 Å². The molecule has 1 heterocycles. The van der Waals surface area contributed by atoms with Gasteiger partial charge in [0.05, 0.1) is 10.4 Å². The van der Waals surface area contributed by atoms with Crippen molar-refractivity contribution in [2.24, 2.45) is 5.41 Å². The van der Waals surface area contributed by atoms with Gasteiger partial charge in [0.2, 0.25) is 0 Å². The van der Waals surface area contributed by atoms with Crippen LogP contribution in [0.3, 0.4) is 0 Å². The van der Waals surface area contributed by atoms with Gasteiger partial charge in [-0.05, 0) is 18.9 Å². The third-order valence-corrected chi connectivity index (χ3v) is 2.49. The maximum absolute atomic E-state index is 12.5. The van der Waals surface area contributed by atoms with E-state index in [1.165, 1.54) is 0 Å². The summed E-state index contributed by atoms with van der Waals surface area (Å²) in [6.07, 6.45) is 4.91. The molecule has 2 rings (SSSR count). The molecular formula is C11H9ClFN. The molecule has 1 aliphatic rings. The smallest absolute Gasteiger partial charge is 0.106 e.